The Morgan fingerprint density at radius 1 is 1.14 bits per heavy atom. The number of nitrogens with one attached hydrogen (secondary N) is 2. The largest absolute Gasteiger partial charge is 0.392 e. The van der Waals surface area contributed by atoms with Gasteiger partial charge in [-0.1, -0.05) is 28.6 Å². The van der Waals surface area contributed by atoms with Gasteiger partial charge in [0.25, 0.3) is 5.91 Å². The smallest absolute Gasteiger partial charge is 0.280 e. The maximum absolute atomic E-state index is 13.2. The SMILES string of the molecule is COCc1cnc(NC(=O)/C(=N/O[C@@H]2CC[C@@H](OC)C2)c2ccc(S(=O)(=O)NC3CCOCC3)cc2)s1. The molecule has 2 atom stereocenters. The van der Waals surface area contributed by atoms with E-state index in [0.29, 0.717) is 49.8 Å². The van der Waals surface area contributed by atoms with Crippen molar-refractivity contribution in [2.45, 2.75) is 61.9 Å². The van der Waals surface area contributed by atoms with E-state index < -0.39 is 15.9 Å². The Labute approximate surface area is 220 Å². The molecular formula is C24H32N4O7S2. The number of anilines is 1. The molecule has 11 nitrogen and oxygen atoms in total. The third-order valence-electron chi connectivity index (χ3n) is 6.22. The fourth-order valence-corrected chi connectivity index (χ4v) is 6.27. The second-order valence-corrected chi connectivity index (χ2v) is 11.7. The number of carbonyl (C=O) groups is 1. The average molecular weight is 553 g/mol. The second kappa shape index (κ2) is 12.9. The van der Waals surface area contributed by atoms with E-state index in [1.165, 1.54) is 23.5 Å². The van der Waals surface area contributed by atoms with Crippen LogP contribution in [0.25, 0.3) is 0 Å². The molecule has 0 unspecified atom stereocenters. The quantitative estimate of drug-likeness (QED) is 0.321. The van der Waals surface area contributed by atoms with Gasteiger partial charge in [0.15, 0.2) is 10.8 Å². The Bertz CT molecular complexity index is 1180. The van der Waals surface area contributed by atoms with Gasteiger partial charge in [0.05, 0.1) is 22.5 Å². The summed E-state index contributed by atoms with van der Waals surface area (Å²) in [5, 5.41) is 7.33. The molecule has 1 amide bonds. The Morgan fingerprint density at radius 3 is 2.54 bits per heavy atom. The van der Waals surface area contributed by atoms with Gasteiger partial charge in [-0.3, -0.25) is 10.1 Å². The molecule has 202 valence electrons. The van der Waals surface area contributed by atoms with E-state index in [-0.39, 0.29) is 28.9 Å². The number of sulfonamides is 1. The molecule has 1 saturated carbocycles. The molecular weight excluding hydrogens is 520 g/mol. The van der Waals surface area contributed by atoms with Crippen LogP contribution in [0, 0.1) is 0 Å². The first-order valence-corrected chi connectivity index (χ1v) is 14.4. The zero-order valence-electron chi connectivity index (χ0n) is 20.8. The molecule has 4 rings (SSSR count). The normalized spacial score (nSPS) is 21.2. The number of carbonyl (C=O) groups excluding carboxylic acids is 1. The molecule has 0 spiro atoms. The number of ether oxygens (including phenoxy) is 3. The predicted octanol–water partition coefficient (Wildman–Crippen LogP) is 2.67. The summed E-state index contributed by atoms with van der Waals surface area (Å²) in [4.78, 5) is 24.1. The van der Waals surface area contributed by atoms with Crippen molar-refractivity contribution in [3.05, 3.63) is 40.9 Å². The average Bonchev–Trinajstić information content (AvgIpc) is 3.54. The van der Waals surface area contributed by atoms with Gasteiger partial charge in [0.2, 0.25) is 10.0 Å². The molecule has 2 N–H and O–H groups in total. The van der Waals surface area contributed by atoms with E-state index in [2.05, 4.69) is 20.2 Å². The van der Waals surface area contributed by atoms with E-state index in [1.807, 2.05) is 0 Å². The van der Waals surface area contributed by atoms with E-state index in [4.69, 9.17) is 19.0 Å². The lowest BCUT2D eigenvalue weighted by atomic mass is 10.1. The molecule has 2 aromatic rings. The number of hydrogen-bond acceptors (Lipinski definition) is 10. The van der Waals surface area contributed by atoms with Crippen molar-refractivity contribution in [2.75, 3.05) is 32.8 Å². The second-order valence-electron chi connectivity index (χ2n) is 8.89. The van der Waals surface area contributed by atoms with Crippen LogP contribution in [0.15, 0.2) is 40.5 Å². The topological polar surface area (TPSA) is 137 Å². The summed E-state index contributed by atoms with van der Waals surface area (Å²) >= 11 is 1.29. The van der Waals surface area contributed by atoms with Gasteiger partial charge in [-0.15, -0.1) is 0 Å². The molecule has 1 aliphatic heterocycles. The van der Waals surface area contributed by atoms with Gasteiger partial charge < -0.3 is 19.0 Å². The fourth-order valence-electron chi connectivity index (χ4n) is 4.19. The number of thiazole rings is 1. The molecule has 0 radical (unpaired) electrons. The highest BCUT2D eigenvalue weighted by Gasteiger charge is 2.27. The van der Waals surface area contributed by atoms with E-state index in [0.717, 1.165) is 17.7 Å². The molecule has 37 heavy (non-hydrogen) atoms. The summed E-state index contributed by atoms with van der Waals surface area (Å²) in [6.07, 6.45) is 5.09. The van der Waals surface area contributed by atoms with Crippen LogP contribution < -0.4 is 10.0 Å². The van der Waals surface area contributed by atoms with Gasteiger partial charge in [-0.05, 0) is 37.8 Å². The van der Waals surface area contributed by atoms with Gasteiger partial charge >= 0.3 is 0 Å². The summed E-state index contributed by atoms with van der Waals surface area (Å²) in [7, 11) is -0.476. The van der Waals surface area contributed by atoms with Crippen LogP contribution >= 0.6 is 11.3 Å². The third-order valence-corrected chi connectivity index (χ3v) is 8.64. The number of methoxy groups -OCH3 is 2. The van der Waals surface area contributed by atoms with E-state index in [1.54, 1.807) is 32.5 Å². The number of benzene rings is 1. The Balaban J connectivity index is 1.52. The maximum Gasteiger partial charge on any atom is 0.280 e. The molecule has 1 aliphatic carbocycles. The molecule has 13 heteroatoms. The molecule has 2 aliphatic rings. The van der Waals surface area contributed by atoms with Gasteiger partial charge in [0.1, 0.15) is 6.10 Å². The number of rotatable bonds is 11. The fraction of sp³-hybridized carbons (Fsp3) is 0.542. The molecule has 1 aromatic heterocycles. The molecule has 2 fully saturated rings. The van der Waals surface area contributed by atoms with Gasteiger partial charge in [-0.25, -0.2) is 18.1 Å². The Hall–Kier alpha value is -2.42. The highest BCUT2D eigenvalue weighted by Crippen LogP contribution is 2.25. The molecule has 1 aromatic carbocycles. The lowest BCUT2D eigenvalue weighted by Crippen LogP contribution is -2.38. The van der Waals surface area contributed by atoms with E-state index in [9.17, 15) is 13.2 Å². The first-order chi connectivity index (χ1) is 17.9. The van der Waals surface area contributed by atoms with Crippen LogP contribution in [0.4, 0.5) is 5.13 Å². The van der Waals surface area contributed by atoms with Gasteiger partial charge in [0, 0.05) is 51.7 Å². The summed E-state index contributed by atoms with van der Waals surface area (Å²) in [6, 6.07) is 5.83. The minimum atomic E-state index is -3.72. The first kappa shape index (κ1) is 27.6. The standard InChI is InChI=1S/C24H32N4O7S2/c1-32-15-20-14-25-24(36-20)26-23(29)22(27-35-19-6-5-18(13-19)33-2)16-3-7-21(8-4-16)37(30,31)28-17-9-11-34-12-10-17/h3-4,7-8,14,17-19,28H,5-6,9-13,15H2,1-2H3,(H,25,26,29)/b27-22+/t18-,19-/m1/s1. The summed E-state index contributed by atoms with van der Waals surface area (Å²) in [6.45, 7) is 1.44. The molecule has 1 saturated heterocycles. The zero-order valence-corrected chi connectivity index (χ0v) is 22.5. The summed E-state index contributed by atoms with van der Waals surface area (Å²) < 4.78 is 44.2. The van der Waals surface area contributed by atoms with Crippen molar-refractivity contribution in [2.24, 2.45) is 5.16 Å². The van der Waals surface area contributed by atoms with Crippen molar-refractivity contribution >= 4 is 38.1 Å². The minimum absolute atomic E-state index is 0.0192. The van der Waals surface area contributed by atoms with Crippen molar-refractivity contribution in [1.29, 1.82) is 0 Å². The summed E-state index contributed by atoms with van der Waals surface area (Å²) in [5.74, 6) is -0.518. The number of amides is 1. The monoisotopic (exact) mass is 552 g/mol. The predicted molar refractivity (Wildman–Crippen MR) is 138 cm³/mol. The van der Waals surface area contributed by atoms with Crippen LogP contribution in [0.3, 0.4) is 0 Å². The Kier molecular flexibility index (Phi) is 9.62. The highest BCUT2D eigenvalue weighted by molar-refractivity contribution is 7.89. The van der Waals surface area contributed by atoms with E-state index >= 15 is 0 Å². The lowest BCUT2D eigenvalue weighted by molar-refractivity contribution is -0.110. The number of oxime groups is 1. The van der Waals surface area contributed by atoms with Crippen LogP contribution in [-0.2, 0) is 40.5 Å². The van der Waals surface area contributed by atoms with Crippen molar-refractivity contribution in [3.8, 4) is 0 Å². The number of aromatic nitrogens is 1. The summed E-state index contributed by atoms with van der Waals surface area (Å²) in [5.41, 5.74) is 0.433. The Morgan fingerprint density at radius 2 is 1.86 bits per heavy atom. The maximum atomic E-state index is 13.2. The van der Waals surface area contributed by atoms with Crippen LogP contribution in [0.2, 0.25) is 0 Å². The van der Waals surface area contributed by atoms with Crippen molar-refractivity contribution < 1.29 is 32.3 Å². The number of hydrogen-bond donors (Lipinski definition) is 2. The first-order valence-electron chi connectivity index (χ1n) is 12.1. The lowest BCUT2D eigenvalue weighted by Gasteiger charge is -2.23. The van der Waals surface area contributed by atoms with Crippen LogP contribution in [0.5, 0.6) is 0 Å². The van der Waals surface area contributed by atoms with Crippen LogP contribution in [0.1, 0.15) is 42.5 Å². The van der Waals surface area contributed by atoms with Crippen LogP contribution in [-0.4, -0.2) is 70.7 Å². The van der Waals surface area contributed by atoms with Crippen molar-refractivity contribution in [1.82, 2.24) is 9.71 Å². The minimum Gasteiger partial charge on any atom is -0.392 e. The van der Waals surface area contributed by atoms with Gasteiger partial charge in [-0.2, -0.15) is 0 Å². The number of nitrogens with zero attached hydrogens (tertiary/aromatic N) is 2. The molecule has 2 heterocycles. The zero-order chi connectivity index (χ0) is 26.3. The third kappa shape index (κ3) is 7.55. The highest BCUT2D eigenvalue weighted by atomic mass is 32.2. The molecule has 0 bridgehead atoms. The van der Waals surface area contributed by atoms with Crippen molar-refractivity contribution in [3.63, 3.8) is 0 Å².